The van der Waals surface area contributed by atoms with Crippen molar-refractivity contribution in [3.8, 4) is 17.5 Å². The highest BCUT2D eigenvalue weighted by Gasteiger charge is 2.30. The topological polar surface area (TPSA) is 73.3 Å². The van der Waals surface area contributed by atoms with Crippen LogP contribution in [0.3, 0.4) is 0 Å². The molecule has 7 heteroatoms. The maximum atomic E-state index is 9.95. The smallest absolute Gasteiger partial charge is 0.183 e. The third-order valence-electron chi connectivity index (χ3n) is 6.13. The van der Waals surface area contributed by atoms with E-state index in [9.17, 15) is 5.26 Å². The first-order valence-electron chi connectivity index (χ1n) is 10.7. The second-order valence-electron chi connectivity index (χ2n) is 8.28. The number of pyridine rings is 2. The number of likely N-dealkylation sites (N-methyl/N-ethyl adjacent to an activating group) is 1. The Morgan fingerprint density at radius 2 is 2.17 bits per heavy atom. The van der Waals surface area contributed by atoms with Crippen LogP contribution < -0.4 is 4.90 Å². The predicted octanol–water partition coefficient (Wildman–Crippen LogP) is 3.45. The molecule has 0 amide bonds. The van der Waals surface area contributed by atoms with Gasteiger partial charge in [0.25, 0.3) is 0 Å². The molecule has 3 aromatic heterocycles. The second kappa shape index (κ2) is 8.41. The first kappa shape index (κ1) is 20.3. The Labute approximate surface area is 178 Å². The van der Waals surface area contributed by atoms with Crippen LogP contribution in [0.5, 0.6) is 0 Å². The average Bonchev–Trinajstić information content (AvgIpc) is 3.40. The number of nitriles is 1. The van der Waals surface area contributed by atoms with Gasteiger partial charge in [-0.2, -0.15) is 9.78 Å². The van der Waals surface area contributed by atoms with E-state index in [4.69, 9.17) is 10.1 Å². The lowest BCUT2D eigenvalue weighted by Gasteiger charge is -2.26. The Morgan fingerprint density at radius 3 is 2.80 bits per heavy atom. The van der Waals surface area contributed by atoms with Crippen LogP contribution in [0.15, 0.2) is 24.5 Å². The molecule has 0 bridgehead atoms. The monoisotopic (exact) mass is 403 g/mol. The zero-order valence-corrected chi connectivity index (χ0v) is 18.3. The maximum absolute atomic E-state index is 9.95. The molecule has 156 valence electrons. The zero-order valence-electron chi connectivity index (χ0n) is 18.3. The number of aromatic nitrogens is 4. The summed E-state index contributed by atoms with van der Waals surface area (Å²) in [5.41, 5.74) is 4.37. The molecule has 4 heterocycles. The quantitative estimate of drug-likeness (QED) is 0.628. The number of hydrogen-bond donors (Lipinski definition) is 0. The summed E-state index contributed by atoms with van der Waals surface area (Å²) in [5.74, 6) is 1.71. The van der Waals surface area contributed by atoms with Crippen LogP contribution in [0.25, 0.3) is 17.0 Å². The van der Waals surface area contributed by atoms with Crippen LogP contribution in [0.4, 0.5) is 5.82 Å². The van der Waals surface area contributed by atoms with Gasteiger partial charge in [-0.3, -0.25) is 4.98 Å². The van der Waals surface area contributed by atoms with Crippen molar-refractivity contribution in [2.75, 3.05) is 32.1 Å². The van der Waals surface area contributed by atoms with Crippen LogP contribution in [0, 0.1) is 18.3 Å². The molecule has 0 aliphatic carbocycles. The molecule has 3 aromatic rings. The molecule has 1 saturated heterocycles. The fourth-order valence-electron chi connectivity index (χ4n) is 4.32. The molecule has 0 spiro atoms. The Kier molecular flexibility index (Phi) is 5.69. The van der Waals surface area contributed by atoms with E-state index in [1.807, 2.05) is 16.6 Å². The molecule has 0 saturated carbocycles. The van der Waals surface area contributed by atoms with E-state index in [2.05, 4.69) is 48.8 Å². The van der Waals surface area contributed by atoms with Gasteiger partial charge in [0, 0.05) is 37.1 Å². The number of anilines is 1. The molecule has 0 N–H and O–H groups in total. The van der Waals surface area contributed by atoms with E-state index < -0.39 is 0 Å². The summed E-state index contributed by atoms with van der Waals surface area (Å²) in [6.07, 6.45) is 7.75. The summed E-state index contributed by atoms with van der Waals surface area (Å²) >= 11 is 0. The van der Waals surface area contributed by atoms with Crippen LogP contribution in [-0.2, 0) is 6.42 Å². The molecular weight excluding hydrogens is 374 g/mol. The fraction of sp³-hybridized carbons (Fsp3) is 0.478. The van der Waals surface area contributed by atoms with Gasteiger partial charge in [0.1, 0.15) is 17.5 Å². The SMILES string of the molecule is CCCCc1c(C)c(C#N)c2nc(-c3cccnc3)nn2c1N1CC[C@H](N(C)C)C1. The summed E-state index contributed by atoms with van der Waals surface area (Å²) < 4.78 is 1.91. The summed E-state index contributed by atoms with van der Waals surface area (Å²) in [7, 11) is 4.28. The number of rotatable bonds is 6. The molecular formula is C23H29N7. The molecule has 1 aliphatic heterocycles. The fourth-order valence-corrected chi connectivity index (χ4v) is 4.32. The number of nitrogens with zero attached hydrogens (tertiary/aromatic N) is 7. The van der Waals surface area contributed by atoms with Gasteiger partial charge in [0.05, 0.1) is 0 Å². The Hall–Kier alpha value is -2.98. The van der Waals surface area contributed by atoms with Gasteiger partial charge in [-0.05, 0) is 63.5 Å². The minimum atomic E-state index is 0.510. The molecule has 1 fully saturated rings. The first-order chi connectivity index (χ1) is 14.5. The molecule has 0 aromatic carbocycles. The van der Waals surface area contributed by atoms with E-state index in [-0.39, 0.29) is 0 Å². The lowest BCUT2D eigenvalue weighted by molar-refractivity contribution is 0.315. The molecule has 1 aliphatic rings. The predicted molar refractivity (Wildman–Crippen MR) is 119 cm³/mol. The highest BCUT2D eigenvalue weighted by molar-refractivity contribution is 5.71. The Morgan fingerprint density at radius 1 is 1.33 bits per heavy atom. The normalized spacial score (nSPS) is 16.5. The Bertz CT molecular complexity index is 1080. The number of fused-ring (bicyclic) bond motifs is 1. The van der Waals surface area contributed by atoms with Gasteiger partial charge < -0.3 is 9.80 Å². The largest absolute Gasteiger partial charge is 0.355 e. The minimum absolute atomic E-state index is 0.510. The average molecular weight is 404 g/mol. The van der Waals surface area contributed by atoms with Gasteiger partial charge in [0.2, 0.25) is 0 Å². The van der Waals surface area contributed by atoms with Crippen LogP contribution >= 0.6 is 0 Å². The van der Waals surface area contributed by atoms with Gasteiger partial charge in [-0.15, -0.1) is 5.10 Å². The van der Waals surface area contributed by atoms with Crippen LogP contribution in [-0.4, -0.2) is 57.7 Å². The van der Waals surface area contributed by atoms with Crippen molar-refractivity contribution in [2.24, 2.45) is 0 Å². The molecule has 1 atom stereocenters. The minimum Gasteiger partial charge on any atom is -0.355 e. The van der Waals surface area contributed by atoms with Crippen molar-refractivity contribution in [3.63, 3.8) is 0 Å². The molecule has 7 nitrogen and oxygen atoms in total. The Balaban J connectivity index is 1.94. The highest BCUT2D eigenvalue weighted by Crippen LogP contribution is 2.34. The first-order valence-corrected chi connectivity index (χ1v) is 10.7. The van der Waals surface area contributed by atoms with E-state index in [0.29, 0.717) is 23.1 Å². The zero-order chi connectivity index (χ0) is 21.3. The molecule has 4 rings (SSSR count). The van der Waals surface area contributed by atoms with Crippen molar-refractivity contribution >= 4 is 11.5 Å². The van der Waals surface area contributed by atoms with Crippen molar-refractivity contribution in [2.45, 2.75) is 45.6 Å². The third-order valence-corrected chi connectivity index (χ3v) is 6.13. The summed E-state index contributed by atoms with van der Waals surface area (Å²) in [4.78, 5) is 13.7. The van der Waals surface area contributed by atoms with E-state index in [1.165, 1.54) is 5.56 Å². The maximum Gasteiger partial charge on any atom is 0.183 e. The lowest BCUT2D eigenvalue weighted by atomic mass is 9.99. The van der Waals surface area contributed by atoms with Gasteiger partial charge >= 0.3 is 0 Å². The highest BCUT2D eigenvalue weighted by atomic mass is 15.4. The van der Waals surface area contributed by atoms with E-state index >= 15 is 0 Å². The summed E-state index contributed by atoms with van der Waals surface area (Å²) in [5, 5.41) is 14.8. The molecule has 30 heavy (non-hydrogen) atoms. The standard InChI is InChI=1S/C23H29N7/c1-5-6-9-19-16(2)20(13-24)22-26-21(17-8-7-11-25-14-17)27-30(22)23(19)29-12-10-18(15-29)28(3)4/h7-8,11,14,18H,5-6,9-10,12,15H2,1-4H3/t18-/m0/s1. The van der Waals surface area contributed by atoms with Crippen LogP contribution in [0.1, 0.15) is 42.9 Å². The van der Waals surface area contributed by atoms with Crippen molar-refractivity contribution in [1.82, 2.24) is 24.5 Å². The summed E-state index contributed by atoms with van der Waals surface area (Å²) in [6.45, 7) is 6.19. The van der Waals surface area contributed by atoms with Gasteiger partial charge in [0.15, 0.2) is 11.5 Å². The van der Waals surface area contributed by atoms with Crippen LogP contribution in [0.2, 0.25) is 0 Å². The number of hydrogen-bond acceptors (Lipinski definition) is 6. The molecule has 0 radical (unpaired) electrons. The van der Waals surface area contributed by atoms with Crippen molar-refractivity contribution in [3.05, 3.63) is 41.2 Å². The van der Waals surface area contributed by atoms with E-state index in [1.54, 1.807) is 12.4 Å². The van der Waals surface area contributed by atoms with Gasteiger partial charge in [-0.1, -0.05) is 13.3 Å². The van der Waals surface area contributed by atoms with Crippen molar-refractivity contribution in [1.29, 1.82) is 5.26 Å². The molecule has 0 unspecified atom stereocenters. The van der Waals surface area contributed by atoms with Crippen molar-refractivity contribution < 1.29 is 0 Å². The third kappa shape index (κ3) is 3.52. The number of unbranched alkanes of at least 4 members (excludes halogenated alkanes) is 1. The van der Waals surface area contributed by atoms with E-state index in [0.717, 1.165) is 55.7 Å². The van der Waals surface area contributed by atoms with Gasteiger partial charge in [-0.25, -0.2) is 4.98 Å². The lowest BCUT2D eigenvalue weighted by Crippen LogP contribution is -2.32. The second-order valence-corrected chi connectivity index (χ2v) is 8.28. The summed E-state index contributed by atoms with van der Waals surface area (Å²) in [6, 6.07) is 6.75.